The van der Waals surface area contributed by atoms with Gasteiger partial charge in [-0.05, 0) is 42.9 Å². The molecule has 0 spiro atoms. The van der Waals surface area contributed by atoms with E-state index >= 15 is 0 Å². The predicted molar refractivity (Wildman–Crippen MR) is 88.3 cm³/mol. The number of esters is 1. The summed E-state index contributed by atoms with van der Waals surface area (Å²) >= 11 is 1.07. The van der Waals surface area contributed by atoms with Gasteiger partial charge in [-0.15, -0.1) is 0 Å². The lowest BCUT2D eigenvalue weighted by molar-refractivity contribution is 0.0606. The molecule has 1 aliphatic rings. The minimum atomic E-state index is -0.633. The molecule has 120 valence electrons. The maximum Gasteiger partial charge on any atom is 0.349 e. The van der Waals surface area contributed by atoms with E-state index in [1.165, 1.54) is 36.6 Å². The molecular weight excluding hydrogens is 314 g/mol. The van der Waals surface area contributed by atoms with Crippen LogP contribution >= 0.6 is 11.3 Å². The summed E-state index contributed by atoms with van der Waals surface area (Å²) in [7, 11) is 1.30. The number of benzene rings is 1. The number of thiazole rings is 1. The highest BCUT2D eigenvalue weighted by Gasteiger charge is 2.27. The van der Waals surface area contributed by atoms with Crippen LogP contribution in [0.25, 0.3) is 0 Å². The summed E-state index contributed by atoms with van der Waals surface area (Å²) in [5.74, 6) is 0.0765. The number of carbonyl (C=O) groups excluding carboxylic acids is 2. The number of primary amides is 1. The number of ether oxygens (including phenoxy) is 1. The quantitative estimate of drug-likeness (QED) is 0.871. The van der Waals surface area contributed by atoms with Crippen LogP contribution in [0.4, 0.5) is 15.6 Å². The first-order valence-corrected chi connectivity index (χ1v) is 8.07. The van der Waals surface area contributed by atoms with Crippen molar-refractivity contribution < 1.29 is 14.3 Å². The molecule has 6 nitrogen and oxygen atoms in total. The second-order valence-electron chi connectivity index (χ2n) is 5.49. The molecule has 1 saturated carbocycles. The third kappa shape index (κ3) is 3.05. The van der Waals surface area contributed by atoms with E-state index in [-0.39, 0.29) is 0 Å². The summed E-state index contributed by atoms with van der Waals surface area (Å²) in [5, 5.41) is 0.356. The highest BCUT2D eigenvalue weighted by atomic mass is 32.1. The van der Waals surface area contributed by atoms with Gasteiger partial charge in [0, 0.05) is 0 Å². The second kappa shape index (κ2) is 6.00. The molecule has 3 rings (SSSR count). The van der Waals surface area contributed by atoms with E-state index in [9.17, 15) is 9.59 Å². The largest absolute Gasteiger partial charge is 0.465 e. The number of aromatic nitrogens is 1. The maximum atomic E-state index is 12.0. The van der Waals surface area contributed by atoms with Crippen LogP contribution in [0, 0.1) is 6.92 Å². The molecule has 2 N–H and O–H groups in total. The topological polar surface area (TPSA) is 85.5 Å². The number of nitrogens with two attached hydrogens (primary N) is 1. The smallest absolute Gasteiger partial charge is 0.349 e. The van der Waals surface area contributed by atoms with Gasteiger partial charge < -0.3 is 10.5 Å². The van der Waals surface area contributed by atoms with Crippen LogP contribution in [0.2, 0.25) is 0 Å². The number of rotatable bonds is 4. The average molecular weight is 331 g/mol. The zero-order valence-electron chi connectivity index (χ0n) is 12.9. The predicted octanol–water partition coefficient (Wildman–Crippen LogP) is 3.33. The lowest BCUT2D eigenvalue weighted by Gasteiger charge is -2.20. The van der Waals surface area contributed by atoms with Gasteiger partial charge in [-0.2, -0.15) is 0 Å². The standard InChI is InChI=1S/C16H17N3O3S/c1-9-3-4-11(10-5-6-10)7-12(9)19(15(17)21)16-18-8-13(23-16)14(20)22-2/h3-4,7-8,10H,5-6H2,1-2H3,(H2,17,21). The van der Waals surface area contributed by atoms with Gasteiger partial charge in [0.2, 0.25) is 0 Å². The molecule has 1 aliphatic carbocycles. The van der Waals surface area contributed by atoms with E-state index in [4.69, 9.17) is 5.73 Å². The van der Waals surface area contributed by atoms with E-state index in [0.29, 0.717) is 21.6 Å². The number of carbonyl (C=O) groups is 2. The van der Waals surface area contributed by atoms with Crippen molar-refractivity contribution >= 4 is 34.2 Å². The van der Waals surface area contributed by atoms with Crippen molar-refractivity contribution in [2.24, 2.45) is 5.73 Å². The average Bonchev–Trinajstić information content (AvgIpc) is 3.27. The molecule has 0 unspecified atom stereocenters. The molecule has 0 saturated heterocycles. The molecule has 23 heavy (non-hydrogen) atoms. The Morgan fingerprint density at radius 1 is 1.39 bits per heavy atom. The SMILES string of the molecule is COC(=O)c1cnc(N(C(N)=O)c2cc(C3CC3)ccc2C)s1. The van der Waals surface area contributed by atoms with Gasteiger partial charge >= 0.3 is 12.0 Å². The highest BCUT2D eigenvalue weighted by molar-refractivity contribution is 7.17. The van der Waals surface area contributed by atoms with Crippen LogP contribution < -0.4 is 10.6 Å². The van der Waals surface area contributed by atoms with E-state index < -0.39 is 12.0 Å². The number of hydrogen-bond donors (Lipinski definition) is 1. The van der Waals surface area contributed by atoms with E-state index in [1.807, 2.05) is 19.1 Å². The van der Waals surface area contributed by atoms with Crippen molar-refractivity contribution in [3.8, 4) is 0 Å². The second-order valence-corrected chi connectivity index (χ2v) is 6.50. The lowest BCUT2D eigenvalue weighted by Crippen LogP contribution is -2.32. The molecule has 1 fully saturated rings. The van der Waals surface area contributed by atoms with E-state index in [2.05, 4.69) is 15.8 Å². The van der Waals surface area contributed by atoms with Crippen LogP contribution in [0.5, 0.6) is 0 Å². The molecule has 1 heterocycles. The number of amides is 2. The van der Waals surface area contributed by atoms with Gasteiger partial charge in [-0.25, -0.2) is 19.5 Å². The van der Waals surface area contributed by atoms with Crippen LogP contribution in [-0.4, -0.2) is 24.1 Å². The Balaban J connectivity index is 2.02. The van der Waals surface area contributed by atoms with Gasteiger partial charge in [-0.1, -0.05) is 23.5 Å². The summed E-state index contributed by atoms with van der Waals surface area (Å²) in [4.78, 5) is 29.4. The van der Waals surface area contributed by atoms with Gasteiger partial charge in [0.15, 0.2) is 5.13 Å². The summed E-state index contributed by atoms with van der Waals surface area (Å²) in [6, 6.07) is 5.41. The van der Waals surface area contributed by atoms with Crippen molar-refractivity contribution in [1.82, 2.24) is 4.98 Å². The lowest BCUT2D eigenvalue weighted by atomic mass is 10.1. The van der Waals surface area contributed by atoms with E-state index in [1.54, 1.807) is 0 Å². The molecule has 0 bridgehead atoms. The molecule has 7 heteroatoms. The monoisotopic (exact) mass is 331 g/mol. The molecule has 2 aromatic rings. The van der Waals surface area contributed by atoms with Crippen molar-refractivity contribution in [2.45, 2.75) is 25.7 Å². The number of aryl methyl sites for hydroxylation is 1. The summed E-state index contributed by atoms with van der Waals surface area (Å²) in [6.07, 6.45) is 3.73. The Bertz CT molecular complexity index is 768. The van der Waals surface area contributed by atoms with Crippen molar-refractivity contribution in [2.75, 3.05) is 12.0 Å². The van der Waals surface area contributed by atoms with Crippen LogP contribution in [0.1, 0.15) is 39.6 Å². The molecular formula is C16H17N3O3S. The molecule has 0 radical (unpaired) electrons. The molecule has 1 aromatic heterocycles. The number of urea groups is 1. The maximum absolute atomic E-state index is 12.0. The Labute approximate surface area is 137 Å². The number of nitrogens with zero attached hydrogens (tertiary/aromatic N) is 2. The van der Waals surface area contributed by atoms with Gasteiger partial charge in [0.05, 0.1) is 19.0 Å². The number of methoxy groups -OCH3 is 1. The first-order valence-electron chi connectivity index (χ1n) is 7.25. The first-order chi connectivity index (χ1) is 11.0. The minimum absolute atomic E-state index is 0.324. The fraction of sp³-hybridized carbons (Fsp3) is 0.312. The normalized spacial score (nSPS) is 13.7. The summed E-state index contributed by atoms with van der Waals surface area (Å²) in [5.41, 5.74) is 8.38. The Morgan fingerprint density at radius 3 is 2.74 bits per heavy atom. The Kier molecular flexibility index (Phi) is 4.04. The molecule has 0 aliphatic heterocycles. The Morgan fingerprint density at radius 2 is 2.13 bits per heavy atom. The van der Waals surface area contributed by atoms with Crippen LogP contribution in [-0.2, 0) is 4.74 Å². The third-order valence-corrected chi connectivity index (χ3v) is 4.78. The van der Waals surface area contributed by atoms with Crippen LogP contribution in [0.15, 0.2) is 24.4 Å². The number of anilines is 2. The highest BCUT2D eigenvalue weighted by Crippen LogP contribution is 2.42. The fourth-order valence-electron chi connectivity index (χ4n) is 2.42. The number of hydrogen-bond acceptors (Lipinski definition) is 5. The minimum Gasteiger partial charge on any atom is -0.465 e. The Hall–Kier alpha value is -2.41. The van der Waals surface area contributed by atoms with Gasteiger partial charge in [-0.3, -0.25) is 0 Å². The fourth-order valence-corrected chi connectivity index (χ4v) is 3.27. The molecule has 2 amide bonds. The van der Waals surface area contributed by atoms with Crippen molar-refractivity contribution in [1.29, 1.82) is 0 Å². The molecule has 0 atom stereocenters. The summed E-state index contributed by atoms with van der Waals surface area (Å²) in [6.45, 7) is 1.91. The zero-order valence-corrected chi connectivity index (χ0v) is 13.7. The van der Waals surface area contributed by atoms with Crippen molar-refractivity contribution in [3.05, 3.63) is 40.4 Å². The van der Waals surface area contributed by atoms with Gasteiger partial charge in [0.1, 0.15) is 4.88 Å². The van der Waals surface area contributed by atoms with Gasteiger partial charge in [0.25, 0.3) is 0 Å². The van der Waals surface area contributed by atoms with E-state index in [0.717, 1.165) is 16.9 Å². The molecule has 1 aromatic carbocycles. The first kappa shape index (κ1) is 15.5. The van der Waals surface area contributed by atoms with Crippen molar-refractivity contribution in [3.63, 3.8) is 0 Å². The zero-order chi connectivity index (χ0) is 16.6. The summed E-state index contributed by atoms with van der Waals surface area (Å²) < 4.78 is 4.67. The third-order valence-electron chi connectivity index (χ3n) is 3.81. The van der Waals surface area contributed by atoms with Crippen LogP contribution in [0.3, 0.4) is 0 Å².